The Morgan fingerprint density at radius 1 is 1.23 bits per heavy atom. The fraction of sp³-hybridized carbons (Fsp3) is 0.188. The molecule has 0 spiro atoms. The minimum absolute atomic E-state index is 0.0344. The van der Waals surface area contributed by atoms with Gasteiger partial charge in [-0.2, -0.15) is 0 Å². The van der Waals surface area contributed by atoms with E-state index in [0.717, 1.165) is 30.3 Å². The highest BCUT2D eigenvalue weighted by Crippen LogP contribution is 2.26. The van der Waals surface area contributed by atoms with Gasteiger partial charge in [-0.05, 0) is 31.2 Å². The van der Waals surface area contributed by atoms with Crippen LogP contribution < -0.4 is 4.31 Å². The van der Waals surface area contributed by atoms with Gasteiger partial charge in [0.1, 0.15) is 12.4 Å². The summed E-state index contributed by atoms with van der Waals surface area (Å²) in [4.78, 5) is 21.6. The number of nitro benzene ring substituents is 1. The monoisotopic (exact) mass is 382 g/mol. The zero-order chi connectivity index (χ0) is 19.3. The molecule has 0 bridgehead atoms. The number of non-ortho nitro benzene ring substituents is 1. The maximum absolute atomic E-state index is 13.5. The van der Waals surface area contributed by atoms with Crippen LogP contribution in [0.2, 0.25) is 0 Å². The van der Waals surface area contributed by atoms with Gasteiger partial charge >= 0.3 is 5.97 Å². The van der Waals surface area contributed by atoms with Gasteiger partial charge in [0.2, 0.25) is 0 Å². The summed E-state index contributed by atoms with van der Waals surface area (Å²) in [6.45, 7) is 0.883. The third kappa shape index (κ3) is 4.33. The van der Waals surface area contributed by atoms with Crippen molar-refractivity contribution in [3.05, 3.63) is 64.5 Å². The van der Waals surface area contributed by atoms with Gasteiger partial charge in [-0.3, -0.25) is 19.2 Å². The molecule has 0 aliphatic carbocycles. The normalized spacial score (nSPS) is 11.0. The van der Waals surface area contributed by atoms with E-state index < -0.39 is 43.9 Å². The number of rotatable bonds is 7. The number of ether oxygens (including phenoxy) is 1. The van der Waals surface area contributed by atoms with Crippen LogP contribution in [0.4, 0.5) is 15.8 Å². The van der Waals surface area contributed by atoms with Crippen molar-refractivity contribution in [3.63, 3.8) is 0 Å². The van der Waals surface area contributed by atoms with Gasteiger partial charge in [-0.25, -0.2) is 12.8 Å². The van der Waals surface area contributed by atoms with Crippen LogP contribution in [0, 0.1) is 15.9 Å². The third-order valence-corrected chi connectivity index (χ3v) is 5.06. The lowest BCUT2D eigenvalue weighted by atomic mass is 10.3. The zero-order valence-electron chi connectivity index (χ0n) is 13.7. The summed E-state index contributed by atoms with van der Waals surface area (Å²) in [6, 6.07) is 9.01. The van der Waals surface area contributed by atoms with Crippen molar-refractivity contribution in [1.82, 2.24) is 0 Å². The molecule has 0 aliphatic heterocycles. The number of benzene rings is 2. The fourth-order valence-electron chi connectivity index (χ4n) is 2.15. The van der Waals surface area contributed by atoms with Crippen molar-refractivity contribution in [2.45, 2.75) is 11.8 Å². The van der Waals surface area contributed by atoms with Crippen LogP contribution in [0.3, 0.4) is 0 Å². The summed E-state index contributed by atoms with van der Waals surface area (Å²) in [6.07, 6.45) is 0. The molecule has 0 amide bonds. The molecule has 26 heavy (non-hydrogen) atoms. The molecular formula is C16H15FN2O6S. The summed E-state index contributed by atoms with van der Waals surface area (Å²) in [5.74, 6) is -1.55. The predicted octanol–water partition coefficient (Wildman–Crippen LogP) is 2.49. The number of esters is 1. The summed E-state index contributed by atoms with van der Waals surface area (Å²) >= 11 is 0. The first kappa shape index (κ1) is 19.3. The molecular weight excluding hydrogens is 367 g/mol. The minimum atomic E-state index is -4.38. The SMILES string of the molecule is CCOC(=O)CN(c1cccc(F)c1)S(=O)(=O)c1cccc([N+](=O)[O-])c1. The van der Waals surface area contributed by atoms with Crippen molar-refractivity contribution in [2.24, 2.45) is 0 Å². The average Bonchev–Trinajstić information content (AvgIpc) is 2.60. The molecule has 0 unspecified atom stereocenters. The quantitative estimate of drug-likeness (QED) is 0.414. The number of carbonyl (C=O) groups is 1. The highest BCUT2D eigenvalue weighted by molar-refractivity contribution is 7.92. The Bertz CT molecular complexity index is 932. The Morgan fingerprint density at radius 2 is 1.92 bits per heavy atom. The van der Waals surface area contributed by atoms with E-state index in [1.165, 1.54) is 18.2 Å². The van der Waals surface area contributed by atoms with Gasteiger partial charge < -0.3 is 4.74 Å². The van der Waals surface area contributed by atoms with Crippen LogP contribution in [0.5, 0.6) is 0 Å². The number of sulfonamides is 1. The number of nitro groups is 1. The molecule has 138 valence electrons. The zero-order valence-corrected chi connectivity index (χ0v) is 14.5. The van der Waals surface area contributed by atoms with Crippen molar-refractivity contribution in [1.29, 1.82) is 0 Å². The van der Waals surface area contributed by atoms with Gasteiger partial charge in [-0.15, -0.1) is 0 Å². The predicted molar refractivity (Wildman–Crippen MR) is 90.7 cm³/mol. The molecule has 0 aromatic heterocycles. The summed E-state index contributed by atoms with van der Waals surface area (Å²) in [5, 5.41) is 10.9. The number of anilines is 1. The van der Waals surface area contributed by atoms with Gasteiger partial charge in [0.25, 0.3) is 15.7 Å². The Hall–Kier alpha value is -3.01. The first-order valence-corrected chi connectivity index (χ1v) is 8.88. The van der Waals surface area contributed by atoms with E-state index in [-0.39, 0.29) is 12.3 Å². The molecule has 2 aromatic rings. The smallest absolute Gasteiger partial charge is 0.326 e. The minimum Gasteiger partial charge on any atom is -0.465 e. The number of hydrogen-bond acceptors (Lipinski definition) is 6. The van der Waals surface area contributed by atoms with E-state index >= 15 is 0 Å². The molecule has 0 radical (unpaired) electrons. The van der Waals surface area contributed by atoms with E-state index in [4.69, 9.17) is 4.74 Å². The highest BCUT2D eigenvalue weighted by atomic mass is 32.2. The van der Waals surface area contributed by atoms with Gasteiger partial charge in [0.15, 0.2) is 0 Å². The summed E-state index contributed by atoms with van der Waals surface area (Å²) in [7, 11) is -4.38. The molecule has 0 saturated carbocycles. The molecule has 10 heteroatoms. The van der Waals surface area contributed by atoms with Crippen LogP contribution in [0.1, 0.15) is 6.92 Å². The maximum Gasteiger partial charge on any atom is 0.326 e. The number of halogens is 1. The van der Waals surface area contributed by atoms with Crippen LogP contribution in [0.25, 0.3) is 0 Å². The Kier molecular flexibility index (Phi) is 5.88. The molecule has 2 aromatic carbocycles. The van der Waals surface area contributed by atoms with Crippen molar-refractivity contribution in [3.8, 4) is 0 Å². The Morgan fingerprint density at radius 3 is 2.54 bits per heavy atom. The molecule has 8 nitrogen and oxygen atoms in total. The summed E-state index contributed by atoms with van der Waals surface area (Å²) < 4.78 is 44.8. The van der Waals surface area contributed by atoms with Crippen molar-refractivity contribution < 1.29 is 27.3 Å². The second kappa shape index (κ2) is 7.91. The lowest BCUT2D eigenvalue weighted by molar-refractivity contribution is -0.385. The van der Waals surface area contributed by atoms with Crippen molar-refractivity contribution >= 4 is 27.4 Å². The first-order chi connectivity index (χ1) is 12.3. The molecule has 0 atom stereocenters. The highest BCUT2D eigenvalue weighted by Gasteiger charge is 2.29. The average molecular weight is 382 g/mol. The lowest BCUT2D eigenvalue weighted by Crippen LogP contribution is -2.36. The Labute approximate surface area is 149 Å². The fourth-order valence-corrected chi connectivity index (χ4v) is 3.60. The van der Waals surface area contributed by atoms with Gasteiger partial charge in [-0.1, -0.05) is 12.1 Å². The molecule has 0 fully saturated rings. The maximum atomic E-state index is 13.5. The molecule has 2 rings (SSSR count). The lowest BCUT2D eigenvalue weighted by Gasteiger charge is -2.23. The molecule has 0 saturated heterocycles. The summed E-state index contributed by atoms with van der Waals surface area (Å²) in [5.41, 5.74) is -0.536. The molecule has 0 N–H and O–H groups in total. The van der Waals surface area contributed by atoms with Crippen LogP contribution in [0.15, 0.2) is 53.4 Å². The number of hydrogen-bond donors (Lipinski definition) is 0. The topological polar surface area (TPSA) is 107 Å². The number of nitrogens with zero attached hydrogens (tertiary/aromatic N) is 2. The van der Waals surface area contributed by atoms with E-state index in [2.05, 4.69) is 0 Å². The standard InChI is InChI=1S/C16H15FN2O6S/c1-2-25-16(20)11-18(13-6-3-5-12(17)9-13)26(23,24)15-8-4-7-14(10-15)19(21)22/h3-10H,2,11H2,1H3. The van der Waals surface area contributed by atoms with Crippen LogP contribution >= 0.6 is 0 Å². The van der Waals surface area contributed by atoms with Gasteiger partial charge in [0.05, 0.1) is 22.1 Å². The second-order valence-electron chi connectivity index (χ2n) is 5.05. The van der Waals surface area contributed by atoms with Gasteiger partial charge in [0, 0.05) is 12.1 Å². The van der Waals surface area contributed by atoms with E-state index in [9.17, 15) is 27.7 Å². The second-order valence-corrected chi connectivity index (χ2v) is 6.91. The largest absolute Gasteiger partial charge is 0.465 e. The molecule has 0 aliphatic rings. The van der Waals surface area contributed by atoms with E-state index in [1.807, 2.05) is 0 Å². The Balaban J connectivity index is 2.54. The van der Waals surface area contributed by atoms with Crippen LogP contribution in [-0.2, 0) is 19.6 Å². The van der Waals surface area contributed by atoms with E-state index in [1.54, 1.807) is 6.92 Å². The third-order valence-electron chi connectivity index (χ3n) is 3.29. The molecule has 0 heterocycles. The van der Waals surface area contributed by atoms with Crippen molar-refractivity contribution in [2.75, 3.05) is 17.5 Å². The van der Waals surface area contributed by atoms with E-state index in [0.29, 0.717) is 4.31 Å². The number of carbonyl (C=O) groups excluding carboxylic acids is 1. The first-order valence-electron chi connectivity index (χ1n) is 7.44. The van der Waals surface area contributed by atoms with Crippen LogP contribution in [-0.4, -0.2) is 32.5 Å².